The summed E-state index contributed by atoms with van der Waals surface area (Å²) in [6, 6.07) is 18.4. The molecule has 5 rings (SSSR count). The van der Waals surface area contributed by atoms with Crippen LogP contribution in [0.3, 0.4) is 0 Å². The Hall–Kier alpha value is -4.44. The molecule has 1 atom stereocenters. The minimum Gasteiger partial charge on any atom is -0.495 e. The molecule has 0 spiro atoms. The first kappa shape index (κ1) is 21.4. The monoisotopic (exact) mass is 448 g/mol. The zero-order chi connectivity index (χ0) is 23.8. The van der Waals surface area contributed by atoms with Gasteiger partial charge in [0, 0.05) is 23.5 Å². The van der Waals surface area contributed by atoms with Crippen molar-refractivity contribution in [2.45, 2.75) is 26.8 Å². The summed E-state index contributed by atoms with van der Waals surface area (Å²) in [5.41, 5.74) is 7.11. The third-order valence-electron chi connectivity index (χ3n) is 6.11. The Morgan fingerprint density at radius 1 is 1.00 bits per heavy atom. The molecule has 0 amide bonds. The highest BCUT2D eigenvalue weighted by atomic mass is 16.5. The molecule has 7 heteroatoms. The zero-order valence-electron chi connectivity index (χ0n) is 19.5. The van der Waals surface area contributed by atoms with Crippen LogP contribution in [0.15, 0.2) is 67.3 Å². The molecule has 1 aromatic heterocycles. The minimum absolute atomic E-state index is 0.0117. The Morgan fingerprint density at radius 2 is 1.79 bits per heavy atom. The van der Waals surface area contributed by atoms with Gasteiger partial charge in [-0.2, -0.15) is 5.26 Å². The summed E-state index contributed by atoms with van der Waals surface area (Å²) >= 11 is 0. The number of pyridine rings is 1. The fraction of sp³-hybridized carbons (Fsp3) is 0.185. The van der Waals surface area contributed by atoms with Crippen LogP contribution in [0.25, 0.3) is 28.3 Å². The van der Waals surface area contributed by atoms with Crippen molar-refractivity contribution in [3.8, 4) is 40.2 Å². The third-order valence-corrected chi connectivity index (χ3v) is 6.11. The Balaban J connectivity index is 1.60. The van der Waals surface area contributed by atoms with Gasteiger partial charge in [0.2, 0.25) is 0 Å². The summed E-state index contributed by atoms with van der Waals surface area (Å²) < 4.78 is 9.63. The standard InChI is InChI=1S/C27H24N6O/c1-17-5-7-21(8-6-17)19(3)33-15-20(13-28)11-23-26(30-31-27(23)33)22-9-10-24(25(12-22)34-4)32-14-18(2)29-16-32/h5-12,14-16,19H,1-4H3/t19-/m0/s1. The number of ether oxygens (including phenoxy) is 1. The average Bonchev–Trinajstić information content (AvgIpc) is 3.49. The van der Waals surface area contributed by atoms with Gasteiger partial charge >= 0.3 is 0 Å². The number of hydrogen-bond donors (Lipinski definition) is 0. The maximum atomic E-state index is 9.72. The van der Waals surface area contributed by atoms with Gasteiger partial charge in [0.25, 0.3) is 0 Å². The summed E-state index contributed by atoms with van der Waals surface area (Å²) in [5, 5.41) is 18.8. The van der Waals surface area contributed by atoms with E-state index in [1.807, 2.05) is 52.7 Å². The molecular formula is C27H24N6O. The quantitative estimate of drug-likeness (QED) is 0.362. The van der Waals surface area contributed by atoms with Crippen LogP contribution in [0.5, 0.6) is 5.75 Å². The van der Waals surface area contributed by atoms with Gasteiger partial charge in [-0.25, -0.2) is 4.98 Å². The topological polar surface area (TPSA) is 81.5 Å². The molecule has 0 aliphatic carbocycles. The lowest BCUT2D eigenvalue weighted by Crippen LogP contribution is -2.11. The van der Waals surface area contributed by atoms with E-state index in [1.165, 1.54) is 5.56 Å². The number of methoxy groups -OCH3 is 1. The van der Waals surface area contributed by atoms with Crippen LogP contribution in [-0.4, -0.2) is 31.4 Å². The molecule has 0 N–H and O–H groups in total. The molecule has 0 saturated heterocycles. The third kappa shape index (κ3) is 3.69. The SMILES string of the molecule is COc1cc(-c2nnc3n([C@@H](C)c4ccc(C)cc4)cc(C#N)cc2-3)ccc1-n1cnc(C)c1. The van der Waals surface area contributed by atoms with Gasteiger partial charge in [0.05, 0.1) is 36.4 Å². The summed E-state index contributed by atoms with van der Waals surface area (Å²) in [6.07, 6.45) is 5.55. The first-order valence-electron chi connectivity index (χ1n) is 11.0. The van der Waals surface area contributed by atoms with Gasteiger partial charge in [0.15, 0.2) is 5.82 Å². The highest BCUT2D eigenvalue weighted by molar-refractivity contribution is 5.81. The van der Waals surface area contributed by atoms with E-state index < -0.39 is 0 Å². The van der Waals surface area contributed by atoms with E-state index in [0.717, 1.165) is 33.9 Å². The van der Waals surface area contributed by atoms with E-state index in [4.69, 9.17) is 4.74 Å². The van der Waals surface area contributed by atoms with E-state index in [2.05, 4.69) is 59.4 Å². The Bertz CT molecular complexity index is 1490. The largest absolute Gasteiger partial charge is 0.495 e. The summed E-state index contributed by atoms with van der Waals surface area (Å²) in [5.74, 6) is 1.43. The molecule has 3 aromatic rings. The number of nitrogens with zero attached hydrogens (tertiary/aromatic N) is 6. The lowest BCUT2D eigenvalue weighted by molar-refractivity contribution is 0.413. The first-order valence-corrected chi connectivity index (χ1v) is 11.0. The highest BCUT2D eigenvalue weighted by Crippen LogP contribution is 2.37. The van der Waals surface area contributed by atoms with Crippen LogP contribution < -0.4 is 4.74 Å². The van der Waals surface area contributed by atoms with Crippen molar-refractivity contribution in [3.05, 3.63) is 89.6 Å². The van der Waals surface area contributed by atoms with Crippen LogP contribution in [0.4, 0.5) is 0 Å². The van der Waals surface area contributed by atoms with Crippen LogP contribution in [0, 0.1) is 25.2 Å². The summed E-state index contributed by atoms with van der Waals surface area (Å²) in [4.78, 5) is 4.31. The normalized spacial score (nSPS) is 12.0. The van der Waals surface area contributed by atoms with Gasteiger partial charge in [-0.3, -0.25) is 0 Å². The predicted octanol–water partition coefficient (Wildman–Crippen LogP) is 5.34. The molecule has 0 unspecified atom stereocenters. The molecule has 2 aliphatic rings. The molecule has 0 bridgehead atoms. The van der Waals surface area contributed by atoms with Crippen molar-refractivity contribution < 1.29 is 4.74 Å². The zero-order valence-corrected chi connectivity index (χ0v) is 19.5. The lowest BCUT2D eigenvalue weighted by Gasteiger charge is -2.20. The number of nitriles is 1. The molecule has 0 saturated carbocycles. The molecule has 0 fully saturated rings. The summed E-state index contributed by atoms with van der Waals surface area (Å²) in [7, 11) is 1.65. The van der Waals surface area contributed by atoms with Crippen LogP contribution in [0.2, 0.25) is 0 Å². The molecule has 7 nitrogen and oxygen atoms in total. The van der Waals surface area contributed by atoms with E-state index in [0.29, 0.717) is 17.0 Å². The first-order chi connectivity index (χ1) is 16.5. The number of hydrogen-bond acceptors (Lipinski definition) is 5. The second-order valence-electron chi connectivity index (χ2n) is 8.43. The van der Waals surface area contributed by atoms with Crippen molar-refractivity contribution in [2.75, 3.05) is 7.11 Å². The number of benzene rings is 2. The maximum Gasteiger partial charge on any atom is 0.165 e. The molecule has 0 radical (unpaired) electrons. The van der Waals surface area contributed by atoms with Gasteiger partial charge < -0.3 is 13.9 Å². The minimum atomic E-state index is -0.0117. The average molecular weight is 449 g/mol. The predicted molar refractivity (Wildman–Crippen MR) is 130 cm³/mol. The number of imidazole rings is 1. The van der Waals surface area contributed by atoms with Crippen molar-refractivity contribution >= 4 is 0 Å². The maximum absolute atomic E-state index is 9.72. The fourth-order valence-electron chi connectivity index (χ4n) is 4.20. The second-order valence-corrected chi connectivity index (χ2v) is 8.43. The van der Waals surface area contributed by atoms with Gasteiger partial charge in [-0.15, -0.1) is 10.2 Å². The number of fused-ring (bicyclic) bond motifs is 1. The molecule has 34 heavy (non-hydrogen) atoms. The highest BCUT2D eigenvalue weighted by Gasteiger charge is 2.23. The van der Waals surface area contributed by atoms with Crippen LogP contribution in [0.1, 0.15) is 35.3 Å². The van der Waals surface area contributed by atoms with Crippen molar-refractivity contribution in [2.24, 2.45) is 0 Å². The van der Waals surface area contributed by atoms with Crippen LogP contribution in [-0.2, 0) is 0 Å². The Morgan fingerprint density at radius 3 is 2.47 bits per heavy atom. The van der Waals surface area contributed by atoms with Crippen molar-refractivity contribution in [1.29, 1.82) is 5.26 Å². The number of aromatic nitrogens is 5. The molecule has 2 aromatic carbocycles. The van der Waals surface area contributed by atoms with E-state index in [-0.39, 0.29) is 6.04 Å². The van der Waals surface area contributed by atoms with E-state index >= 15 is 0 Å². The van der Waals surface area contributed by atoms with Gasteiger partial charge in [-0.1, -0.05) is 35.9 Å². The molecule has 3 heterocycles. The van der Waals surface area contributed by atoms with Gasteiger partial charge in [-0.05, 0) is 44.5 Å². The second kappa shape index (κ2) is 8.49. The molecule has 2 aliphatic heterocycles. The van der Waals surface area contributed by atoms with Crippen LogP contribution >= 0.6 is 0 Å². The fourth-order valence-corrected chi connectivity index (χ4v) is 4.20. The Kier molecular flexibility index (Phi) is 5.34. The van der Waals surface area contributed by atoms with Crippen molar-refractivity contribution in [3.63, 3.8) is 0 Å². The van der Waals surface area contributed by atoms with E-state index in [9.17, 15) is 5.26 Å². The summed E-state index contributed by atoms with van der Waals surface area (Å²) in [6.45, 7) is 6.12. The van der Waals surface area contributed by atoms with Crippen molar-refractivity contribution in [1.82, 2.24) is 24.3 Å². The smallest absolute Gasteiger partial charge is 0.165 e. The number of rotatable bonds is 5. The molecule has 168 valence electrons. The van der Waals surface area contributed by atoms with Gasteiger partial charge in [0.1, 0.15) is 17.5 Å². The van der Waals surface area contributed by atoms with E-state index in [1.54, 1.807) is 13.4 Å². The number of aryl methyl sites for hydroxylation is 2. The molecular weight excluding hydrogens is 424 g/mol. The Labute approximate surface area is 198 Å². The lowest BCUT2D eigenvalue weighted by atomic mass is 10.0.